The van der Waals surface area contributed by atoms with E-state index in [-0.39, 0.29) is 6.10 Å². The van der Waals surface area contributed by atoms with Gasteiger partial charge in [-0.1, -0.05) is 47.6 Å². The Bertz CT molecular complexity index is 572. The lowest BCUT2D eigenvalue weighted by atomic mass is 9.98. The number of oxime groups is 1. The van der Waals surface area contributed by atoms with Crippen LogP contribution in [0.2, 0.25) is 0 Å². The van der Waals surface area contributed by atoms with Gasteiger partial charge in [0.15, 0.2) is 0 Å². The third-order valence-corrected chi connectivity index (χ3v) is 3.10. The van der Waals surface area contributed by atoms with Gasteiger partial charge in [0.05, 0.1) is 5.71 Å². The van der Waals surface area contributed by atoms with Gasteiger partial charge in [0.2, 0.25) is 0 Å². The van der Waals surface area contributed by atoms with Crippen LogP contribution in [0.3, 0.4) is 0 Å². The number of hydrogen-bond acceptors (Lipinski definition) is 3. The second-order valence-corrected chi connectivity index (χ2v) is 4.23. The number of nitrogens with zero attached hydrogens (tertiary/aromatic N) is 1. The van der Waals surface area contributed by atoms with Gasteiger partial charge in [-0.3, -0.25) is 0 Å². The molecule has 2 N–H and O–H groups in total. The molecule has 0 spiro atoms. The summed E-state index contributed by atoms with van der Waals surface area (Å²) in [6, 6.07) is 14.6. The molecule has 1 heterocycles. The minimum atomic E-state index is 0.0315. The monoisotopic (exact) mass is 226 g/mol. The molecular formula is C14H14N2O. The lowest BCUT2D eigenvalue weighted by Gasteiger charge is -2.05. The fourth-order valence-electron chi connectivity index (χ4n) is 2.19. The highest BCUT2D eigenvalue weighted by Crippen LogP contribution is 2.23. The fraction of sp³-hybridized carbons (Fsp3) is 0.214. The summed E-state index contributed by atoms with van der Waals surface area (Å²) in [5, 5.41) is 6.59. The standard InChI is InChI=1S/C14H14N2O/c15-9-11-8-14(16-17-11)13-7-3-5-10-4-1-2-6-12(10)13/h1-7,11H,8-9,15H2/t11-/m0/s1. The molecule has 0 bridgehead atoms. The number of rotatable bonds is 2. The topological polar surface area (TPSA) is 47.6 Å². The summed E-state index contributed by atoms with van der Waals surface area (Å²) in [6.45, 7) is 0.512. The summed E-state index contributed by atoms with van der Waals surface area (Å²) in [4.78, 5) is 5.28. The normalized spacial score (nSPS) is 19.1. The fourth-order valence-corrected chi connectivity index (χ4v) is 2.19. The minimum absolute atomic E-state index is 0.0315. The predicted molar refractivity (Wildman–Crippen MR) is 69.0 cm³/mol. The van der Waals surface area contributed by atoms with Crippen molar-refractivity contribution >= 4 is 16.5 Å². The summed E-state index contributed by atoms with van der Waals surface area (Å²) in [5.74, 6) is 0. The predicted octanol–water partition coefficient (Wildman–Crippen LogP) is 2.29. The Balaban J connectivity index is 2.07. The van der Waals surface area contributed by atoms with Gasteiger partial charge in [-0.2, -0.15) is 0 Å². The summed E-state index contributed by atoms with van der Waals surface area (Å²) in [5.41, 5.74) is 7.74. The van der Waals surface area contributed by atoms with Crippen molar-refractivity contribution in [2.24, 2.45) is 10.9 Å². The van der Waals surface area contributed by atoms with Crippen molar-refractivity contribution in [1.29, 1.82) is 0 Å². The molecule has 1 aliphatic heterocycles. The van der Waals surface area contributed by atoms with Gasteiger partial charge >= 0.3 is 0 Å². The van der Waals surface area contributed by atoms with E-state index < -0.39 is 0 Å². The second kappa shape index (κ2) is 4.18. The molecule has 0 unspecified atom stereocenters. The van der Waals surface area contributed by atoms with Crippen molar-refractivity contribution in [2.75, 3.05) is 6.54 Å². The van der Waals surface area contributed by atoms with E-state index in [9.17, 15) is 0 Å². The van der Waals surface area contributed by atoms with E-state index >= 15 is 0 Å². The Morgan fingerprint density at radius 1 is 1.18 bits per heavy atom. The van der Waals surface area contributed by atoms with Gasteiger partial charge in [0.25, 0.3) is 0 Å². The zero-order valence-corrected chi connectivity index (χ0v) is 9.47. The summed E-state index contributed by atoms with van der Waals surface area (Å²) < 4.78 is 0. The molecule has 3 heteroatoms. The van der Waals surface area contributed by atoms with E-state index in [1.165, 1.54) is 10.8 Å². The van der Waals surface area contributed by atoms with Gasteiger partial charge in [-0.05, 0) is 10.8 Å². The third-order valence-electron chi connectivity index (χ3n) is 3.10. The molecule has 86 valence electrons. The quantitative estimate of drug-likeness (QED) is 0.854. The molecule has 3 rings (SSSR count). The zero-order valence-electron chi connectivity index (χ0n) is 9.47. The van der Waals surface area contributed by atoms with E-state index in [0.717, 1.165) is 17.7 Å². The molecule has 17 heavy (non-hydrogen) atoms. The first-order chi connectivity index (χ1) is 8.38. The highest BCUT2D eigenvalue weighted by molar-refractivity contribution is 6.11. The zero-order chi connectivity index (χ0) is 11.7. The lowest BCUT2D eigenvalue weighted by Crippen LogP contribution is -2.20. The van der Waals surface area contributed by atoms with Crippen LogP contribution in [0.1, 0.15) is 12.0 Å². The van der Waals surface area contributed by atoms with E-state index in [1.807, 2.05) is 12.1 Å². The van der Waals surface area contributed by atoms with Gasteiger partial charge in [-0.15, -0.1) is 0 Å². The Kier molecular flexibility index (Phi) is 2.53. The van der Waals surface area contributed by atoms with E-state index in [2.05, 4.69) is 35.5 Å². The van der Waals surface area contributed by atoms with Crippen LogP contribution in [-0.4, -0.2) is 18.4 Å². The van der Waals surface area contributed by atoms with Crippen molar-refractivity contribution in [3.8, 4) is 0 Å². The van der Waals surface area contributed by atoms with Gasteiger partial charge < -0.3 is 10.6 Å². The molecule has 0 fully saturated rings. The maximum absolute atomic E-state index is 5.59. The number of hydrogen-bond donors (Lipinski definition) is 1. The average Bonchev–Trinajstić information content (AvgIpc) is 2.87. The van der Waals surface area contributed by atoms with Crippen LogP contribution >= 0.6 is 0 Å². The smallest absolute Gasteiger partial charge is 0.145 e. The molecule has 0 saturated heterocycles. The Morgan fingerprint density at radius 3 is 2.82 bits per heavy atom. The Morgan fingerprint density at radius 2 is 2.00 bits per heavy atom. The van der Waals surface area contributed by atoms with Crippen LogP contribution in [0.5, 0.6) is 0 Å². The van der Waals surface area contributed by atoms with Crippen molar-refractivity contribution in [2.45, 2.75) is 12.5 Å². The van der Waals surface area contributed by atoms with Crippen LogP contribution in [0.4, 0.5) is 0 Å². The summed E-state index contributed by atoms with van der Waals surface area (Å²) in [6.07, 6.45) is 0.828. The molecule has 0 radical (unpaired) electrons. The van der Waals surface area contributed by atoms with Crippen molar-refractivity contribution < 1.29 is 4.84 Å². The van der Waals surface area contributed by atoms with E-state index in [1.54, 1.807) is 0 Å². The van der Waals surface area contributed by atoms with Crippen LogP contribution in [0.25, 0.3) is 10.8 Å². The molecule has 0 saturated carbocycles. The van der Waals surface area contributed by atoms with Crippen molar-refractivity contribution in [1.82, 2.24) is 0 Å². The first-order valence-corrected chi connectivity index (χ1v) is 5.79. The van der Waals surface area contributed by atoms with Crippen LogP contribution in [-0.2, 0) is 4.84 Å². The maximum atomic E-state index is 5.59. The first-order valence-electron chi connectivity index (χ1n) is 5.79. The van der Waals surface area contributed by atoms with E-state index in [0.29, 0.717) is 6.54 Å². The molecule has 3 nitrogen and oxygen atoms in total. The largest absolute Gasteiger partial charge is 0.390 e. The Hall–Kier alpha value is -1.87. The van der Waals surface area contributed by atoms with Gasteiger partial charge in [0.1, 0.15) is 6.10 Å². The number of benzene rings is 2. The van der Waals surface area contributed by atoms with Gasteiger partial charge in [0, 0.05) is 18.5 Å². The molecule has 1 aliphatic rings. The number of fused-ring (bicyclic) bond motifs is 1. The van der Waals surface area contributed by atoms with Gasteiger partial charge in [-0.25, -0.2) is 0 Å². The first kappa shape index (κ1) is 10.3. The van der Waals surface area contributed by atoms with Crippen LogP contribution in [0, 0.1) is 0 Å². The minimum Gasteiger partial charge on any atom is -0.390 e. The molecule has 0 aromatic heterocycles. The maximum Gasteiger partial charge on any atom is 0.145 e. The SMILES string of the molecule is NC[C@@H]1CC(c2cccc3ccccc23)=NO1. The second-order valence-electron chi connectivity index (χ2n) is 4.23. The molecule has 1 atom stereocenters. The van der Waals surface area contributed by atoms with Crippen molar-refractivity contribution in [3.63, 3.8) is 0 Å². The van der Waals surface area contributed by atoms with E-state index in [4.69, 9.17) is 10.6 Å². The molecular weight excluding hydrogens is 212 g/mol. The summed E-state index contributed by atoms with van der Waals surface area (Å²) >= 11 is 0. The molecule has 2 aromatic carbocycles. The van der Waals surface area contributed by atoms with Crippen LogP contribution < -0.4 is 5.73 Å². The van der Waals surface area contributed by atoms with Crippen LogP contribution in [0.15, 0.2) is 47.6 Å². The lowest BCUT2D eigenvalue weighted by molar-refractivity contribution is 0.0918. The molecule has 0 amide bonds. The van der Waals surface area contributed by atoms with Crippen molar-refractivity contribution in [3.05, 3.63) is 48.0 Å². The average molecular weight is 226 g/mol. The third kappa shape index (κ3) is 1.78. The highest BCUT2D eigenvalue weighted by atomic mass is 16.6. The molecule has 2 aromatic rings. The molecule has 0 aliphatic carbocycles. The summed E-state index contributed by atoms with van der Waals surface area (Å²) in [7, 11) is 0. The number of nitrogens with two attached hydrogens (primary N) is 1. The highest BCUT2D eigenvalue weighted by Gasteiger charge is 2.21. The Labute approximate surface area is 99.9 Å².